The van der Waals surface area contributed by atoms with E-state index in [1.54, 1.807) is 18.2 Å². The fourth-order valence-corrected chi connectivity index (χ4v) is 2.76. The van der Waals surface area contributed by atoms with Gasteiger partial charge in [0, 0.05) is 13.1 Å². The molecule has 1 aliphatic heterocycles. The predicted octanol–water partition coefficient (Wildman–Crippen LogP) is 1.86. The van der Waals surface area contributed by atoms with E-state index in [9.17, 15) is 9.90 Å². The van der Waals surface area contributed by atoms with Crippen LogP contribution < -0.4 is 10.1 Å². The maximum atomic E-state index is 12.6. The molecule has 1 saturated heterocycles. The number of carbonyl (C=O) groups excluding carboxylic acids is 1. The number of nitrogens with zero attached hydrogens (tertiary/aromatic N) is 1. The number of aromatic hydroxyl groups is 1. The molecule has 2 N–H and O–H groups in total. The van der Waals surface area contributed by atoms with E-state index in [1.807, 2.05) is 11.8 Å². The molecule has 0 bridgehead atoms. The Bertz CT molecular complexity index is 484. The SMILES string of the molecule is CCN(CC1CCNCC1)C(=O)c1cccc(OC)c1O. The number of hydrogen-bond donors (Lipinski definition) is 2. The highest BCUT2D eigenvalue weighted by Crippen LogP contribution is 2.30. The highest BCUT2D eigenvalue weighted by atomic mass is 16.5. The number of para-hydroxylation sites is 1. The van der Waals surface area contributed by atoms with Crippen molar-refractivity contribution in [2.24, 2.45) is 5.92 Å². The second-order valence-electron chi connectivity index (χ2n) is 5.39. The Morgan fingerprint density at radius 3 is 2.76 bits per heavy atom. The van der Waals surface area contributed by atoms with E-state index in [2.05, 4.69) is 5.32 Å². The number of methoxy groups -OCH3 is 1. The molecule has 1 fully saturated rings. The van der Waals surface area contributed by atoms with Gasteiger partial charge in [-0.15, -0.1) is 0 Å². The lowest BCUT2D eigenvalue weighted by Gasteiger charge is -2.29. The van der Waals surface area contributed by atoms with Crippen LogP contribution in [0.5, 0.6) is 11.5 Å². The van der Waals surface area contributed by atoms with Crippen LogP contribution in [0.2, 0.25) is 0 Å². The Morgan fingerprint density at radius 2 is 2.14 bits per heavy atom. The van der Waals surface area contributed by atoms with Crippen LogP contribution in [-0.4, -0.2) is 49.2 Å². The molecule has 0 radical (unpaired) electrons. The van der Waals surface area contributed by atoms with Gasteiger partial charge in [0.2, 0.25) is 0 Å². The van der Waals surface area contributed by atoms with E-state index in [0.717, 1.165) is 32.5 Å². The summed E-state index contributed by atoms with van der Waals surface area (Å²) in [7, 11) is 1.48. The standard InChI is InChI=1S/C16H24N2O3/c1-3-18(11-12-7-9-17-10-8-12)16(20)13-5-4-6-14(21-2)15(13)19/h4-6,12,17,19H,3,7-11H2,1-2H3. The third-order valence-corrected chi connectivity index (χ3v) is 4.06. The maximum Gasteiger partial charge on any atom is 0.257 e. The number of rotatable bonds is 5. The highest BCUT2D eigenvalue weighted by molar-refractivity contribution is 5.97. The molecular formula is C16H24N2O3. The quantitative estimate of drug-likeness (QED) is 0.869. The van der Waals surface area contributed by atoms with Crippen LogP contribution in [0.3, 0.4) is 0 Å². The number of nitrogens with one attached hydrogen (secondary N) is 1. The summed E-state index contributed by atoms with van der Waals surface area (Å²) >= 11 is 0. The molecule has 5 nitrogen and oxygen atoms in total. The molecule has 1 aromatic carbocycles. The van der Waals surface area contributed by atoms with Gasteiger partial charge in [-0.1, -0.05) is 6.07 Å². The summed E-state index contributed by atoms with van der Waals surface area (Å²) < 4.78 is 5.07. The molecule has 21 heavy (non-hydrogen) atoms. The van der Waals surface area contributed by atoms with Crippen LogP contribution in [-0.2, 0) is 0 Å². The summed E-state index contributed by atoms with van der Waals surface area (Å²) in [5.74, 6) is 0.655. The number of hydrogen-bond acceptors (Lipinski definition) is 4. The summed E-state index contributed by atoms with van der Waals surface area (Å²) in [5, 5.41) is 13.5. The van der Waals surface area contributed by atoms with E-state index in [-0.39, 0.29) is 11.7 Å². The zero-order valence-electron chi connectivity index (χ0n) is 12.8. The first kappa shape index (κ1) is 15.6. The lowest BCUT2D eigenvalue weighted by molar-refractivity contribution is 0.0723. The van der Waals surface area contributed by atoms with Crippen molar-refractivity contribution in [1.29, 1.82) is 0 Å². The van der Waals surface area contributed by atoms with Crippen molar-refractivity contribution in [3.05, 3.63) is 23.8 Å². The Morgan fingerprint density at radius 1 is 1.43 bits per heavy atom. The number of benzene rings is 1. The van der Waals surface area contributed by atoms with E-state index >= 15 is 0 Å². The van der Waals surface area contributed by atoms with Crippen molar-refractivity contribution in [2.75, 3.05) is 33.3 Å². The monoisotopic (exact) mass is 292 g/mol. The largest absolute Gasteiger partial charge is 0.504 e. The Hall–Kier alpha value is -1.75. The first-order chi connectivity index (χ1) is 10.2. The fraction of sp³-hybridized carbons (Fsp3) is 0.562. The lowest BCUT2D eigenvalue weighted by Crippen LogP contribution is -2.39. The smallest absolute Gasteiger partial charge is 0.257 e. The number of carbonyl (C=O) groups is 1. The first-order valence-electron chi connectivity index (χ1n) is 7.53. The van der Waals surface area contributed by atoms with Gasteiger partial charge >= 0.3 is 0 Å². The number of ether oxygens (including phenoxy) is 1. The average Bonchev–Trinajstić information content (AvgIpc) is 2.53. The van der Waals surface area contributed by atoms with Crippen molar-refractivity contribution in [3.8, 4) is 11.5 Å². The van der Waals surface area contributed by atoms with Gasteiger partial charge in [0.1, 0.15) is 0 Å². The number of phenols is 1. The first-order valence-corrected chi connectivity index (χ1v) is 7.53. The lowest BCUT2D eigenvalue weighted by atomic mass is 9.97. The normalized spacial score (nSPS) is 15.7. The van der Waals surface area contributed by atoms with Crippen molar-refractivity contribution in [1.82, 2.24) is 10.2 Å². The number of piperidine rings is 1. The molecule has 0 unspecified atom stereocenters. The summed E-state index contributed by atoms with van der Waals surface area (Å²) in [4.78, 5) is 14.4. The minimum Gasteiger partial charge on any atom is -0.504 e. The molecular weight excluding hydrogens is 268 g/mol. The topological polar surface area (TPSA) is 61.8 Å². The highest BCUT2D eigenvalue weighted by Gasteiger charge is 2.23. The van der Waals surface area contributed by atoms with Gasteiger partial charge in [0.05, 0.1) is 12.7 Å². The zero-order valence-corrected chi connectivity index (χ0v) is 12.8. The van der Waals surface area contributed by atoms with Crippen LogP contribution in [0.25, 0.3) is 0 Å². The summed E-state index contributed by atoms with van der Waals surface area (Å²) in [6.07, 6.45) is 2.18. The minimum atomic E-state index is -0.132. The minimum absolute atomic E-state index is 0.0752. The van der Waals surface area contributed by atoms with Gasteiger partial charge in [-0.2, -0.15) is 0 Å². The molecule has 116 valence electrons. The van der Waals surface area contributed by atoms with Crippen LogP contribution in [0, 0.1) is 5.92 Å². The third-order valence-electron chi connectivity index (χ3n) is 4.06. The fourth-order valence-electron chi connectivity index (χ4n) is 2.76. The molecule has 5 heteroatoms. The van der Waals surface area contributed by atoms with Gasteiger partial charge < -0.3 is 20.1 Å². The summed E-state index contributed by atoms with van der Waals surface area (Å²) in [6.45, 7) is 5.38. The second-order valence-corrected chi connectivity index (χ2v) is 5.39. The van der Waals surface area contributed by atoms with Crippen molar-refractivity contribution >= 4 is 5.91 Å². The van der Waals surface area contributed by atoms with Crippen molar-refractivity contribution in [2.45, 2.75) is 19.8 Å². The van der Waals surface area contributed by atoms with Gasteiger partial charge in [-0.05, 0) is 50.9 Å². The molecule has 1 aromatic rings. The second kappa shape index (κ2) is 7.31. The molecule has 0 aliphatic carbocycles. The third kappa shape index (κ3) is 3.67. The maximum absolute atomic E-state index is 12.6. The van der Waals surface area contributed by atoms with E-state index < -0.39 is 0 Å². The Labute approximate surface area is 125 Å². The van der Waals surface area contributed by atoms with Gasteiger partial charge in [0.25, 0.3) is 5.91 Å². The average molecular weight is 292 g/mol. The Balaban J connectivity index is 2.12. The van der Waals surface area contributed by atoms with E-state index in [4.69, 9.17) is 4.74 Å². The van der Waals surface area contributed by atoms with Crippen molar-refractivity contribution < 1.29 is 14.6 Å². The van der Waals surface area contributed by atoms with Gasteiger partial charge in [-0.3, -0.25) is 4.79 Å². The van der Waals surface area contributed by atoms with E-state index in [1.165, 1.54) is 7.11 Å². The summed E-state index contributed by atoms with van der Waals surface area (Å²) in [5.41, 5.74) is 0.310. The van der Waals surface area contributed by atoms with Gasteiger partial charge in [-0.25, -0.2) is 0 Å². The molecule has 0 saturated carbocycles. The number of phenolic OH excluding ortho intramolecular Hbond substituents is 1. The van der Waals surface area contributed by atoms with Crippen LogP contribution in [0.1, 0.15) is 30.1 Å². The summed E-state index contributed by atoms with van der Waals surface area (Å²) in [6, 6.07) is 5.02. The van der Waals surface area contributed by atoms with E-state index in [0.29, 0.717) is 23.8 Å². The van der Waals surface area contributed by atoms with Crippen LogP contribution >= 0.6 is 0 Å². The van der Waals surface area contributed by atoms with Crippen LogP contribution in [0.4, 0.5) is 0 Å². The Kier molecular flexibility index (Phi) is 5.44. The molecule has 2 rings (SSSR count). The van der Waals surface area contributed by atoms with Gasteiger partial charge in [0.15, 0.2) is 11.5 Å². The molecule has 1 amide bonds. The van der Waals surface area contributed by atoms with Crippen molar-refractivity contribution in [3.63, 3.8) is 0 Å². The zero-order chi connectivity index (χ0) is 15.2. The molecule has 1 heterocycles. The molecule has 1 aliphatic rings. The predicted molar refractivity (Wildman–Crippen MR) is 81.8 cm³/mol. The molecule has 0 aromatic heterocycles. The molecule has 0 atom stereocenters. The molecule has 0 spiro atoms. The van der Waals surface area contributed by atoms with Crippen LogP contribution in [0.15, 0.2) is 18.2 Å². The number of amides is 1.